The molecule has 3 aromatic rings. The summed E-state index contributed by atoms with van der Waals surface area (Å²) in [5, 5.41) is 7.36. The van der Waals surface area contributed by atoms with Crippen LogP contribution < -0.4 is 9.47 Å². The summed E-state index contributed by atoms with van der Waals surface area (Å²) >= 11 is 7.28. The minimum atomic E-state index is 0.659. The van der Waals surface area contributed by atoms with Gasteiger partial charge in [-0.1, -0.05) is 30.3 Å². The molecule has 148 valence electrons. The number of nitrogens with zero attached hydrogens (tertiary/aromatic N) is 2. The molecule has 0 fully saturated rings. The van der Waals surface area contributed by atoms with E-state index < -0.39 is 0 Å². The first-order valence-corrected chi connectivity index (χ1v) is 10.7. The molecule has 0 spiro atoms. The van der Waals surface area contributed by atoms with Crippen molar-refractivity contribution in [1.82, 2.24) is 14.8 Å². The lowest BCUT2D eigenvalue weighted by Crippen LogP contribution is -2.06. The largest absolute Gasteiger partial charge is 0.493 e. The van der Waals surface area contributed by atoms with Crippen LogP contribution in [0, 0.1) is 11.7 Å². The van der Waals surface area contributed by atoms with E-state index in [1.807, 2.05) is 23.9 Å². The van der Waals surface area contributed by atoms with E-state index in [1.165, 1.54) is 16.7 Å². The number of rotatable bonds is 9. The smallest absolute Gasteiger partial charge is 0.195 e. The first kappa shape index (κ1) is 20.5. The molecule has 0 amide bonds. The van der Waals surface area contributed by atoms with Gasteiger partial charge in [0.05, 0.1) is 20.0 Å². The van der Waals surface area contributed by atoms with E-state index in [4.69, 9.17) is 21.7 Å². The Morgan fingerprint density at radius 3 is 2.61 bits per heavy atom. The van der Waals surface area contributed by atoms with Crippen LogP contribution >= 0.6 is 24.0 Å². The number of methoxy groups -OCH3 is 2. The minimum Gasteiger partial charge on any atom is -0.493 e. The molecule has 1 aromatic heterocycles. The molecule has 0 radical (unpaired) electrons. The average Bonchev–Trinajstić information content (AvgIpc) is 3.07. The summed E-state index contributed by atoms with van der Waals surface area (Å²) in [6.07, 6.45) is 0.837. The molecule has 0 aliphatic heterocycles. The number of benzene rings is 2. The maximum Gasteiger partial charge on any atom is 0.195 e. The van der Waals surface area contributed by atoms with Crippen molar-refractivity contribution < 1.29 is 9.47 Å². The van der Waals surface area contributed by atoms with Gasteiger partial charge in [-0.25, -0.2) is 0 Å². The molecule has 3 rings (SSSR count). The number of aryl methyl sites for hydroxylation is 2. The van der Waals surface area contributed by atoms with Crippen molar-refractivity contribution in [1.29, 1.82) is 0 Å². The Morgan fingerprint density at radius 2 is 1.86 bits per heavy atom. The second kappa shape index (κ2) is 9.80. The predicted molar refractivity (Wildman–Crippen MR) is 117 cm³/mol. The zero-order chi connectivity index (χ0) is 19.9. The third kappa shape index (κ3) is 4.97. The summed E-state index contributed by atoms with van der Waals surface area (Å²) in [7, 11) is 3.29. The second-order valence-corrected chi connectivity index (χ2v) is 7.83. The lowest BCUT2D eigenvalue weighted by molar-refractivity contribution is 0.354. The Balaban J connectivity index is 1.63. The Bertz CT molecular complexity index is 982. The number of ether oxygens (including phenoxy) is 2. The number of nitrogens with one attached hydrogen (secondary N) is 1. The van der Waals surface area contributed by atoms with Gasteiger partial charge >= 0.3 is 0 Å². The Morgan fingerprint density at radius 1 is 1.07 bits per heavy atom. The molecule has 1 heterocycles. The van der Waals surface area contributed by atoms with E-state index >= 15 is 0 Å². The van der Waals surface area contributed by atoms with Gasteiger partial charge < -0.3 is 14.0 Å². The molecule has 0 saturated carbocycles. The fraction of sp³-hybridized carbons (Fsp3) is 0.333. The van der Waals surface area contributed by atoms with Gasteiger partial charge in [-0.3, -0.25) is 5.10 Å². The maximum atomic E-state index is 5.43. The van der Waals surface area contributed by atoms with Crippen LogP contribution in [-0.4, -0.2) is 29.0 Å². The third-order valence-corrected chi connectivity index (χ3v) is 5.95. The van der Waals surface area contributed by atoms with Crippen LogP contribution in [0.25, 0.3) is 0 Å². The average molecular weight is 416 g/mol. The zero-order valence-corrected chi connectivity index (χ0v) is 18.0. The number of thioether (sulfide) groups is 1. The van der Waals surface area contributed by atoms with E-state index in [9.17, 15) is 0 Å². The molecule has 0 bridgehead atoms. The number of aromatic amines is 1. The van der Waals surface area contributed by atoms with Gasteiger partial charge in [0.2, 0.25) is 0 Å². The summed E-state index contributed by atoms with van der Waals surface area (Å²) in [6.45, 7) is 2.92. The minimum absolute atomic E-state index is 0.659. The molecule has 5 nitrogen and oxygen atoms in total. The van der Waals surface area contributed by atoms with Gasteiger partial charge in [-0.2, -0.15) is 5.10 Å². The number of aromatic nitrogens is 3. The van der Waals surface area contributed by atoms with Crippen molar-refractivity contribution in [2.75, 3.05) is 14.2 Å². The van der Waals surface area contributed by atoms with E-state index in [0.717, 1.165) is 41.8 Å². The highest BCUT2D eigenvalue weighted by atomic mass is 32.2. The van der Waals surface area contributed by atoms with Crippen molar-refractivity contribution in [3.8, 4) is 11.5 Å². The lowest BCUT2D eigenvalue weighted by atomic mass is 10.1. The first-order valence-electron chi connectivity index (χ1n) is 9.09. The van der Waals surface area contributed by atoms with Crippen molar-refractivity contribution >= 4 is 24.0 Å². The van der Waals surface area contributed by atoms with Gasteiger partial charge in [0.1, 0.15) is 5.82 Å². The van der Waals surface area contributed by atoms with Gasteiger partial charge in [-0.15, -0.1) is 11.8 Å². The summed E-state index contributed by atoms with van der Waals surface area (Å²) in [5.41, 5.74) is 3.85. The van der Waals surface area contributed by atoms with Gasteiger partial charge in [-0.05, 0) is 54.4 Å². The molecular weight excluding hydrogens is 390 g/mol. The van der Waals surface area contributed by atoms with E-state index in [1.54, 1.807) is 14.2 Å². The van der Waals surface area contributed by atoms with E-state index in [0.29, 0.717) is 4.77 Å². The van der Waals surface area contributed by atoms with Crippen LogP contribution in [0.4, 0.5) is 0 Å². The maximum absolute atomic E-state index is 5.43. The fourth-order valence-corrected chi connectivity index (χ4v) is 4.28. The molecule has 0 saturated heterocycles. The topological polar surface area (TPSA) is 52.1 Å². The Kier molecular flexibility index (Phi) is 7.17. The normalized spacial score (nSPS) is 10.8. The summed E-state index contributed by atoms with van der Waals surface area (Å²) < 4.78 is 13.4. The highest BCUT2D eigenvalue weighted by molar-refractivity contribution is 7.97. The van der Waals surface area contributed by atoms with Gasteiger partial charge in [0, 0.05) is 12.3 Å². The SMILES string of the molecule is COc1ccc(CCn2c(CSCc3ccccc3C)n[nH]c2=S)cc1OC. The van der Waals surface area contributed by atoms with Crippen molar-refractivity contribution in [2.24, 2.45) is 0 Å². The number of H-pyrrole nitrogens is 1. The quantitative estimate of drug-likeness (QED) is 0.502. The summed E-state index contributed by atoms with van der Waals surface area (Å²) in [5.74, 6) is 4.23. The highest BCUT2D eigenvalue weighted by Gasteiger charge is 2.09. The summed E-state index contributed by atoms with van der Waals surface area (Å²) in [4.78, 5) is 0. The number of hydrogen-bond acceptors (Lipinski definition) is 5. The molecule has 28 heavy (non-hydrogen) atoms. The molecule has 0 atom stereocenters. The van der Waals surface area contributed by atoms with Crippen LogP contribution in [0.5, 0.6) is 11.5 Å². The van der Waals surface area contributed by atoms with Crippen molar-refractivity contribution in [2.45, 2.75) is 31.4 Å². The van der Waals surface area contributed by atoms with Gasteiger partial charge in [0.15, 0.2) is 16.3 Å². The summed E-state index contributed by atoms with van der Waals surface area (Å²) in [6, 6.07) is 14.5. The van der Waals surface area contributed by atoms with E-state index in [-0.39, 0.29) is 0 Å². The monoisotopic (exact) mass is 415 g/mol. The van der Waals surface area contributed by atoms with Crippen LogP contribution in [0.15, 0.2) is 42.5 Å². The van der Waals surface area contributed by atoms with Crippen molar-refractivity contribution in [3.05, 3.63) is 69.8 Å². The fourth-order valence-electron chi connectivity index (χ4n) is 2.99. The van der Waals surface area contributed by atoms with Crippen LogP contribution in [-0.2, 0) is 24.5 Å². The van der Waals surface area contributed by atoms with Crippen LogP contribution in [0.1, 0.15) is 22.5 Å². The van der Waals surface area contributed by atoms with Crippen molar-refractivity contribution in [3.63, 3.8) is 0 Å². The Hall–Kier alpha value is -2.25. The molecule has 1 N–H and O–H groups in total. The Labute approximate surface area is 175 Å². The lowest BCUT2D eigenvalue weighted by Gasteiger charge is -2.11. The van der Waals surface area contributed by atoms with Crippen LogP contribution in [0.2, 0.25) is 0 Å². The molecule has 2 aromatic carbocycles. The molecule has 7 heteroatoms. The van der Waals surface area contributed by atoms with Gasteiger partial charge in [0.25, 0.3) is 0 Å². The zero-order valence-electron chi connectivity index (χ0n) is 16.4. The molecule has 0 aliphatic rings. The van der Waals surface area contributed by atoms with E-state index in [2.05, 4.69) is 52.0 Å². The number of hydrogen-bond donors (Lipinski definition) is 1. The predicted octanol–water partition coefficient (Wildman–Crippen LogP) is 4.94. The standard InChI is InChI=1S/C21H25N3O2S2/c1-15-6-4-5-7-17(15)13-28-14-20-22-23-21(27)24(20)11-10-16-8-9-18(25-2)19(12-16)26-3/h4-9,12H,10-11,13-14H2,1-3H3,(H,23,27). The van der Waals surface area contributed by atoms with Crippen LogP contribution in [0.3, 0.4) is 0 Å². The highest BCUT2D eigenvalue weighted by Crippen LogP contribution is 2.28. The second-order valence-electron chi connectivity index (χ2n) is 6.46. The molecular formula is C21H25N3O2S2. The third-order valence-electron chi connectivity index (χ3n) is 4.66. The molecule has 0 unspecified atom stereocenters. The molecule has 0 aliphatic carbocycles. The first-order chi connectivity index (χ1) is 13.6.